The van der Waals surface area contributed by atoms with Gasteiger partial charge < -0.3 is 26.5 Å². The van der Waals surface area contributed by atoms with E-state index in [-0.39, 0.29) is 5.84 Å². The summed E-state index contributed by atoms with van der Waals surface area (Å²) in [6.45, 7) is 2.68. The number of pyridine rings is 1. The third-order valence-corrected chi connectivity index (χ3v) is 6.07. The maximum Gasteiger partial charge on any atom is 0.165 e. The number of hydrogen-bond acceptors (Lipinski definition) is 8. The van der Waals surface area contributed by atoms with Crippen molar-refractivity contribution >= 4 is 35.4 Å². The number of aromatic nitrogens is 1. The zero-order valence-corrected chi connectivity index (χ0v) is 16.5. The molecule has 3 heterocycles. The Kier molecular flexibility index (Phi) is 6.54. The average Bonchev–Trinajstić information content (AvgIpc) is 2.74. The monoisotopic (exact) mass is 399 g/mol. The van der Waals surface area contributed by atoms with Crippen molar-refractivity contribution < 1.29 is 4.74 Å². The Morgan fingerprint density at radius 1 is 1.39 bits per heavy atom. The summed E-state index contributed by atoms with van der Waals surface area (Å²) in [5.41, 5.74) is 12.0. The highest BCUT2D eigenvalue weighted by molar-refractivity contribution is 7.99. The summed E-state index contributed by atoms with van der Waals surface area (Å²) >= 11 is 1.85. The molecule has 0 unspecified atom stereocenters. The maximum absolute atomic E-state index is 10.1. The van der Waals surface area contributed by atoms with Gasteiger partial charge in [0.1, 0.15) is 11.7 Å². The summed E-state index contributed by atoms with van der Waals surface area (Å²) in [6, 6.07) is 4.50. The Labute approximate surface area is 169 Å². The summed E-state index contributed by atoms with van der Waals surface area (Å²) in [7, 11) is 0. The molecule has 1 aromatic rings. The van der Waals surface area contributed by atoms with Crippen LogP contribution in [0.5, 0.6) is 0 Å². The Bertz CT molecular complexity index is 818. The van der Waals surface area contributed by atoms with Crippen LogP contribution in [0.25, 0.3) is 0 Å². The topological polar surface area (TPSA) is 137 Å². The zero-order valence-electron chi connectivity index (χ0n) is 15.7. The number of nitriles is 1. The minimum atomic E-state index is -0.648. The second kappa shape index (κ2) is 9.08. The molecule has 2 aliphatic rings. The van der Waals surface area contributed by atoms with Gasteiger partial charge in [0.15, 0.2) is 5.82 Å². The van der Waals surface area contributed by atoms with Gasteiger partial charge in [-0.25, -0.2) is 9.98 Å². The molecule has 0 bridgehead atoms. The van der Waals surface area contributed by atoms with Crippen LogP contribution in [0.1, 0.15) is 24.0 Å². The molecule has 0 saturated carbocycles. The average molecular weight is 400 g/mol. The Balaban J connectivity index is 2.19. The van der Waals surface area contributed by atoms with Crippen molar-refractivity contribution in [2.24, 2.45) is 16.5 Å². The fourth-order valence-corrected chi connectivity index (χ4v) is 4.72. The van der Waals surface area contributed by atoms with E-state index in [1.165, 1.54) is 18.5 Å². The number of hydrogen-bond donors (Lipinski definition) is 3. The number of nitrogens with two attached hydrogens (primary N) is 2. The van der Waals surface area contributed by atoms with Gasteiger partial charge in [-0.1, -0.05) is 0 Å². The van der Waals surface area contributed by atoms with Crippen molar-refractivity contribution in [1.82, 2.24) is 4.98 Å². The predicted molar refractivity (Wildman–Crippen MR) is 114 cm³/mol. The highest BCUT2D eigenvalue weighted by atomic mass is 32.2. The molecule has 8 nitrogen and oxygen atoms in total. The minimum Gasteiger partial charge on any atom is -0.404 e. The van der Waals surface area contributed by atoms with Crippen LogP contribution in [0.2, 0.25) is 0 Å². The van der Waals surface area contributed by atoms with E-state index < -0.39 is 5.41 Å². The number of nitrogens with one attached hydrogen (secondary N) is 1. The SMILES string of the molecule is N#CC1(c2cc(N3CCOCC3)nc(/N=C(N)\C=C/N)c2C=N)CCSCC1. The third kappa shape index (κ3) is 4.13. The number of thioether (sulfide) groups is 1. The molecular formula is C19H25N7OS. The smallest absolute Gasteiger partial charge is 0.165 e. The number of aliphatic imine (C=N–C) groups is 1. The fraction of sp³-hybridized carbons (Fsp3) is 0.474. The van der Waals surface area contributed by atoms with Gasteiger partial charge >= 0.3 is 0 Å². The van der Waals surface area contributed by atoms with Crippen LogP contribution in [0, 0.1) is 16.7 Å². The maximum atomic E-state index is 10.1. The van der Waals surface area contributed by atoms with Crippen LogP contribution in [-0.2, 0) is 10.2 Å². The quantitative estimate of drug-likeness (QED) is 0.506. The molecule has 5 N–H and O–H groups in total. The van der Waals surface area contributed by atoms with Crippen LogP contribution in [0.15, 0.2) is 23.3 Å². The summed E-state index contributed by atoms with van der Waals surface area (Å²) in [5, 5.41) is 18.1. The molecule has 0 aliphatic carbocycles. The second-order valence-electron chi connectivity index (χ2n) is 6.71. The van der Waals surface area contributed by atoms with Crippen LogP contribution in [0.4, 0.5) is 11.6 Å². The van der Waals surface area contributed by atoms with Gasteiger partial charge in [-0.3, -0.25) is 0 Å². The van der Waals surface area contributed by atoms with Gasteiger partial charge in [-0.05, 0) is 48.3 Å². The van der Waals surface area contributed by atoms with Gasteiger partial charge in [-0.2, -0.15) is 17.0 Å². The standard InChI is InChI=1S/C19H25N7OS/c20-4-1-16(23)24-18-14(12-21)15(19(13-22)2-9-28-10-3-19)11-17(25-18)26-5-7-27-8-6-26/h1,4,11-12,21H,2-3,5-10,20H2,(H2,23,24,25)/b4-1-,21-12?. The second-order valence-corrected chi connectivity index (χ2v) is 7.94. The van der Waals surface area contributed by atoms with E-state index in [1.807, 2.05) is 17.8 Å². The van der Waals surface area contributed by atoms with Crippen molar-refractivity contribution in [3.05, 3.63) is 29.5 Å². The first-order valence-electron chi connectivity index (χ1n) is 9.23. The van der Waals surface area contributed by atoms with Gasteiger partial charge in [0, 0.05) is 24.9 Å². The van der Waals surface area contributed by atoms with E-state index in [1.54, 1.807) is 0 Å². The molecule has 0 atom stereocenters. The summed E-state index contributed by atoms with van der Waals surface area (Å²) in [6.07, 6.45) is 5.49. The van der Waals surface area contributed by atoms with Crippen LogP contribution in [0.3, 0.4) is 0 Å². The lowest BCUT2D eigenvalue weighted by Gasteiger charge is -2.34. The molecule has 2 aliphatic heterocycles. The van der Waals surface area contributed by atoms with Crippen LogP contribution < -0.4 is 16.4 Å². The molecule has 3 rings (SSSR count). The van der Waals surface area contributed by atoms with Gasteiger partial charge in [-0.15, -0.1) is 0 Å². The van der Waals surface area contributed by atoms with Crippen LogP contribution in [-0.4, -0.2) is 54.8 Å². The first-order chi connectivity index (χ1) is 13.6. The molecule has 2 saturated heterocycles. The minimum absolute atomic E-state index is 0.202. The molecule has 0 amide bonds. The third-order valence-electron chi connectivity index (χ3n) is 5.08. The lowest BCUT2D eigenvalue weighted by Crippen LogP contribution is -2.37. The van der Waals surface area contributed by atoms with Gasteiger partial charge in [0.05, 0.1) is 24.7 Å². The van der Waals surface area contributed by atoms with E-state index >= 15 is 0 Å². The summed E-state index contributed by atoms with van der Waals surface area (Å²) in [4.78, 5) is 11.2. The molecule has 2 fully saturated rings. The molecule has 0 aromatic carbocycles. The molecule has 148 valence electrons. The van der Waals surface area contributed by atoms with Gasteiger partial charge in [0.2, 0.25) is 0 Å². The largest absolute Gasteiger partial charge is 0.404 e. The van der Waals surface area contributed by atoms with E-state index in [0.717, 1.165) is 35.7 Å². The van der Waals surface area contributed by atoms with Crippen molar-refractivity contribution in [2.45, 2.75) is 18.3 Å². The predicted octanol–water partition coefficient (Wildman–Crippen LogP) is 1.67. The first-order valence-corrected chi connectivity index (χ1v) is 10.4. The fourth-order valence-electron chi connectivity index (χ4n) is 3.53. The molecule has 0 spiro atoms. The van der Waals surface area contributed by atoms with E-state index in [0.29, 0.717) is 37.7 Å². The molecule has 9 heteroatoms. The number of amidine groups is 1. The molecule has 0 radical (unpaired) electrons. The number of nitrogens with zero attached hydrogens (tertiary/aromatic N) is 4. The van der Waals surface area contributed by atoms with Crippen molar-refractivity contribution in [3.63, 3.8) is 0 Å². The first kappa shape index (κ1) is 20.2. The van der Waals surface area contributed by atoms with Gasteiger partial charge in [0.25, 0.3) is 0 Å². The molecule has 1 aromatic heterocycles. The highest BCUT2D eigenvalue weighted by Gasteiger charge is 2.37. The number of ether oxygens (including phenoxy) is 1. The van der Waals surface area contributed by atoms with Crippen molar-refractivity contribution in [1.29, 1.82) is 10.7 Å². The van der Waals surface area contributed by atoms with Crippen molar-refractivity contribution in [2.75, 3.05) is 42.7 Å². The van der Waals surface area contributed by atoms with Crippen LogP contribution >= 0.6 is 11.8 Å². The number of anilines is 1. The Hall–Kier alpha value is -2.57. The lowest BCUT2D eigenvalue weighted by atomic mass is 9.75. The molecule has 28 heavy (non-hydrogen) atoms. The van der Waals surface area contributed by atoms with E-state index in [4.69, 9.17) is 21.6 Å². The zero-order chi connectivity index (χ0) is 20.0. The Morgan fingerprint density at radius 3 is 2.71 bits per heavy atom. The number of rotatable bonds is 5. The normalized spacial score (nSPS) is 20.1. The number of morpholine rings is 1. The van der Waals surface area contributed by atoms with Crippen molar-refractivity contribution in [3.8, 4) is 6.07 Å². The van der Waals surface area contributed by atoms with E-state index in [2.05, 4.69) is 20.9 Å². The lowest BCUT2D eigenvalue weighted by molar-refractivity contribution is 0.122. The molecular weight excluding hydrogens is 374 g/mol. The highest BCUT2D eigenvalue weighted by Crippen LogP contribution is 2.42. The summed E-state index contributed by atoms with van der Waals surface area (Å²) in [5.74, 6) is 3.11. The Morgan fingerprint density at radius 2 is 2.11 bits per heavy atom. The van der Waals surface area contributed by atoms with E-state index in [9.17, 15) is 5.26 Å². The summed E-state index contributed by atoms with van der Waals surface area (Å²) < 4.78 is 5.45.